The van der Waals surface area contributed by atoms with Crippen molar-refractivity contribution in [2.45, 2.75) is 59.9 Å². The molecule has 0 saturated heterocycles. The fourth-order valence-corrected chi connectivity index (χ4v) is 3.89. The Bertz CT molecular complexity index is 822. The molecule has 0 unspecified atom stereocenters. The Morgan fingerprint density at radius 2 is 1.57 bits per heavy atom. The Kier molecular flexibility index (Phi) is 9.33. The van der Waals surface area contributed by atoms with Crippen LogP contribution < -0.4 is 5.32 Å². The fourth-order valence-electron chi connectivity index (χ4n) is 2.98. The van der Waals surface area contributed by atoms with Gasteiger partial charge in [0.15, 0.2) is 0 Å². The number of amides is 2. The van der Waals surface area contributed by atoms with Gasteiger partial charge in [-0.3, -0.25) is 0 Å². The van der Waals surface area contributed by atoms with Gasteiger partial charge in [0, 0.05) is 18.1 Å². The summed E-state index contributed by atoms with van der Waals surface area (Å²) in [6, 6.07) is 11.4. The Balaban J connectivity index is 2.17. The van der Waals surface area contributed by atoms with Gasteiger partial charge in [-0.15, -0.1) is 0 Å². The number of nitrogens with zero attached hydrogens (tertiary/aromatic N) is 1. The predicted molar refractivity (Wildman–Crippen MR) is 130 cm³/mol. The van der Waals surface area contributed by atoms with Crippen LogP contribution >= 0.6 is 34.8 Å². The van der Waals surface area contributed by atoms with Gasteiger partial charge in [0.2, 0.25) is 0 Å². The van der Waals surface area contributed by atoms with Gasteiger partial charge in [0.1, 0.15) is 0 Å². The minimum Gasteiger partial charge on any atom is -0.320 e. The molecule has 0 aromatic heterocycles. The van der Waals surface area contributed by atoms with Crippen molar-refractivity contribution in [2.24, 2.45) is 5.41 Å². The zero-order valence-corrected chi connectivity index (χ0v) is 20.5. The maximum Gasteiger partial charge on any atom is 0.322 e. The molecule has 0 radical (unpaired) electrons. The molecule has 3 nitrogen and oxygen atoms in total. The summed E-state index contributed by atoms with van der Waals surface area (Å²) in [6.45, 7) is 9.82. The van der Waals surface area contributed by atoms with Crippen molar-refractivity contribution in [3.8, 4) is 0 Å². The molecule has 2 rings (SSSR count). The fraction of sp³-hybridized carbons (Fsp3) is 0.458. The van der Waals surface area contributed by atoms with E-state index >= 15 is 0 Å². The van der Waals surface area contributed by atoms with Crippen molar-refractivity contribution >= 4 is 46.5 Å². The molecular weight excluding hydrogens is 439 g/mol. The molecule has 0 bridgehead atoms. The van der Waals surface area contributed by atoms with Crippen LogP contribution in [0.15, 0.2) is 36.4 Å². The lowest BCUT2D eigenvalue weighted by molar-refractivity contribution is 0.198. The zero-order chi connectivity index (χ0) is 22.3. The van der Waals surface area contributed by atoms with Gasteiger partial charge >= 0.3 is 6.03 Å². The zero-order valence-electron chi connectivity index (χ0n) is 18.2. The van der Waals surface area contributed by atoms with Gasteiger partial charge in [0.05, 0.1) is 15.7 Å². The standard InChI is InChI=1S/C24H31Cl3N2O/c1-5-6-7-17-8-10-18(11-9-17)16-29(13-12-24(2,3)4)23(30)28-22-20(26)14-19(25)15-21(22)27/h8-11,14-15H,5-7,12-13,16H2,1-4H3,(H,28,30). The van der Waals surface area contributed by atoms with Crippen LogP contribution in [0, 0.1) is 5.41 Å². The second kappa shape index (κ2) is 11.3. The number of hydrogen-bond donors (Lipinski definition) is 1. The summed E-state index contributed by atoms with van der Waals surface area (Å²) in [4.78, 5) is 14.9. The summed E-state index contributed by atoms with van der Waals surface area (Å²) in [5.41, 5.74) is 2.90. The number of aryl methyl sites for hydroxylation is 1. The van der Waals surface area contributed by atoms with E-state index in [1.54, 1.807) is 17.0 Å². The molecule has 0 aliphatic heterocycles. The molecule has 0 fully saturated rings. The number of nitrogens with one attached hydrogen (secondary N) is 1. The number of carbonyl (C=O) groups excluding carboxylic acids is 1. The van der Waals surface area contributed by atoms with Crippen LogP contribution in [0.25, 0.3) is 0 Å². The number of benzene rings is 2. The van der Waals surface area contributed by atoms with Crippen LogP contribution in [0.3, 0.4) is 0 Å². The Morgan fingerprint density at radius 1 is 1.00 bits per heavy atom. The highest BCUT2D eigenvalue weighted by molar-refractivity contribution is 6.42. The SMILES string of the molecule is CCCCc1ccc(CN(CCC(C)(C)C)C(=O)Nc2c(Cl)cc(Cl)cc2Cl)cc1. The molecule has 0 aliphatic rings. The summed E-state index contributed by atoms with van der Waals surface area (Å²) in [6.07, 6.45) is 4.32. The highest BCUT2D eigenvalue weighted by Gasteiger charge is 2.20. The average molecular weight is 470 g/mol. The molecule has 2 aromatic rings. The normalized spacial score (nSPS) is 11.4. The van der Waals surface area contributed by atoms with Crippen molar-refractivity contribution in [1.82, 2.24) is 4.90 Å². The molecule has 30 heavy (non-hydrogen) atoms. The van der Waals surface area contributed by atoms with Crippen molar-refractivity contribution in [3.05, 3.63) is 62.6 Å². The molecule has 0 heterocycles. The Morgan fingerprint density at radius 3 is 2.10 bits per heavy atom. The number of urea groups is 1. The molecule has 0 saturated carbocycles. The van der Waals surface area contributed by atoms with E-state index in [0.29, 0.717) is 33.8 Å². The third-order valence-corrected chi connectivity index (χ3v) is 5.69. The quantitative estimate of drug-likeness (QED) is 0.413. The van der Waals surface area contributed by atoms with Gasteiger partial charge in [-0.25, -0.2) is 4.79 Å². The lowest BCUT2D eigenvalue weighted by Gasteiger charge is -2.27. The van der Waals surface area contributed by atoms with Crippen molar-refractivity contribution in [2.75, 3.05) is 11.9 Å². The number of hydrogen-bond acceptors (Lipinski definition) is 1. The summed E-state index contributed by atoms with van der Waals surface area (Å²) >= 11 is 18.5. The summed E-state index contributed by atoms with van der Waals surface area (Å²) in [5, 5.41) is 3.93. The highest BCUT2D eigenvalue weighted by atomic mass is 35.5. The van der Waals surface area contributed by atoms with Crippen LogP contribution in [0.1, 0.15) is 58.1 Å². The number of carbonyl (C=O) groups is 1. The first kappa shape index (κ1) is 24.8. The van der Waals surface area contributed by atoms with Crippen molar-refractivity contribution in [1.29, 1.82) is 0 Å². The van der Waals surface area contributed by atoms with Gasteiger partial charge in [0.25, 0.3) is 0 Å². The van der Waals surface area contributed by atoms with E-state index in [-0.39, 0.29) is 11.4 Å². The van der Waals surface area contributed by atoms with E-state index in [2.05, 4.69) is 57.3 Å². The molecule has 0 aliphatic carbocycles. The monoisotopic (exact) mass is 468 g/mol. The van der Waals surface area contributed by atoms with Gasteiger partial charge < -0.3 is 10.2 Å². The van der Waals surface area contributed by atoms with Gasteiger partial charge in [-0.1, -0.05) is 93.2 Å². The second-order valence-electron chi connectivity index (χ2n) is 8.83. The number of unbranched alkanes of at least 4 members (excludes halogenated alkanes) is 1. The molecule has 2 aromatic carbocycles. The molecular formula is C24H31Cl3N2O. The smallest absolute Gasteiger partial charge is 0.320 e. The van der Waals surface area contributed by atoms with E-state index < -0.39 is 0 Å². The molecule has 164 valence electrons. The summed E-state index contributed by atoms with van der Waals surface area (Å²) < 4.78 is 0. The van der Waals surface area contributed by atoms with E-state index in [4.69, 9.17) is 34.8 Å². The van der Waals surface area contributed by atoms with E-state index in [9.17, 15) is 4.79 Å². The first-order valence-electron chi connectivity index (χ1n) is 10.4. The predicted octanol–water partition coefficient (Wildman–Crippen LogP) is 8.46. The van der Waals surface area contributed by atoms with Gasteiger partial charge in [-0.2, -0.15) is 0 Å². The third kappa shape index (κ3) is 8.02. The van der Waals surface area contributed by atoms with Crippen LogP contribution in [0.4, 0.5) is 10.5 Å². The third-order valence-electron chi connectivity index (χ3n) is 4.87. The highest BCUT2D eigenvalue weighted by Crippen LogP contribution is 2.34. The second-order valence-corrected chi connectivity index (χ2v) is 10.1. The number of halogens is 3. The first-order chi connectivity index (χ1) is 14.1. The van der Waals surface area contributed by atoms with E-state index in [0.717, 1.165) is 18.4 Å². The Hall–Kier alpha value is -1.42. The molecule has 0 atom stereocenters. The number of rotatable bonds is 8. The summed E-state index contributed by atoms with van der Waals surface area (Å²) in [7, 11) is 0. The van der Waals surface area contributed by atoms with Crippen molar-refractivity contribution in [3.63, 3.8) is 0 Å². The topological polar surface area (TPSA) is 32.3 Å². The minimum atomic E-state index is -0.236. The largest absolute Gasteiger partial charge is 0.322 e. The van der Waals surface area contributed by atoms with E-state index in [1.165, 1.54) is 18.4 Å². The minimum absolute atomic E-state index is 0.109. The molecule has 0 spiro atoms. The maximum atomic E-state index is 13.1. The van der Waals surface area contributed by atoms with E-state index in [1.807, 2.05) is 0 Å². The van der Waals surface area contributed by atoms with Crippen molar-refractivity contribution < 1.29 is 4.79 Å². The molecule has 6 heteroatoms. The molecule has 1 N–H and O–H groups in total. The maximum absolute atomic E-state index is 13.1. The van der Waals surface area contributed by atoms with Crippen LogP contribution in [0.5, 0.6) is 0 Å². The van der Waals surface area contributed by atoms with Crippen LogP contribution in [0.2, 0.25) is 15.1 Å². The lowest BCUT2D eigenvalue weighted by atomic mass is 9.92. The van der Waals surface area contributed by atoms with Crippen LogP contribution in [-0.4, -0.2) is 17.5 Å². The molecule has 2 amide bonds. The average Bonchev–Trinajstić information content (AvgIpc) is 2.66. The lowest BCUT2D eigenvalue weighted by Crippen LogP contribution is -2.36. The number of anilines is 1. The summed E-state index contributed by atoms with van der Waals surface area (Å²) in [5.74, 6) is 0. The van der Waals surface area contributed by atoms with Crippen LogP contribution in [-0.2, 0) is 13.0 Å². The Labute approximate surface area is 195 Å². The first-order valence-corrected chi connectivity index (χ1v) is 11.5. The van der Waals surface area contributed by atoms with Gasteiger partial charge in [-0.05, 0) is 47.9 Å².